The summed E-state index contributed by atoms with van der Waals surface area (Å²) in [5, 5.41) is 0. The maximum absolute atomic E-state index is 11.3. The molecule has 0 unspecified atom stereocenters. The fourth-order valence-electron chi connectivity index (χ4n) is 2.34. The van der Waals surface area contributed by atoms with Gasteiger partial charge in [-0.25, -0.2) is 0 Å². The van der Waals surface area contributed by atoms with Crippen LogP contribution in [0, 0.1) is 11.8 Å². The zero-order valence-corrected chi connectivity index (χ0v) is 9.71. The number of Topliss-reactive ketones (excluding diaryl/α,β-unsaturated/α-hetero) is 1. The third-order valence-corrected chi connectivity index (χ3v) is 3.52. The molecule has 0 aromatic heterocycles. The zero-order chi connectivity index (χ0) is 11.0. The lowest BCUT2D eigenvalue weighted by atomic mass is 9.93. The van der Waals surface area contributed by atoms with Gasteiger partial charge in [0.05, 0.1) is 0 Å². The summed E-state index contributed by atoms with van der Waals surface area (Å²) < 4.78 is 0. The molecule has 0 aliphatic heterocycles. The second-order valence-corrected chi connectivity index (χ2v) is 4.95. The number of benzene rings is 1. The molecule has 80 valence electrons. The van der Waals surface area contributed by atoms with E-state index in [4.69, 9.17) is 0 Å². The van der Waals surface area contributed by atoms with Crippen LogP contribution in [-0.2, 0) is 12.8 Å². The molecule has 1 aliphatic carbocycles. The minimum absolute atomic E-state index is 0.172. The lowest BCUT2D eigenvalue weighted by molar-refractivity contribution is 0.101. The van der Waals surface area contributed by atoms with Crippen molar-refractivity contribution in [2.45, 2.75) is 33.6 Å². The number of fused-ring (bicyclic) bond motifs is 1. The Morgan fingerprint density at radius 3 is 2.53 bits per heavy atom. The normalized spacial score (nSPS) is 19.3. The van der Waals surface area contributed by atoms with Gasteiger partial charge in [0.1, 0.15) is 0 Å². The minimum Gasteiger partial charge on any atom is -0.295 e. The van der Waals surface area contributed by atoms with E-state index in [9.17, 15) is 4.79 Å². The molecule has 1 nitrogen and oxygen atoms in total. The molecule has 0 heterocycles. The Morgan fingerprint density at radius 1 is 1.27 bits per heavy atom. The van der Waals surface area contributed by atoms with Gasteiger partial charge in [-0.2, -0.15) is 0 Å². The molecule has 15 heavy (non-hydrogen) atoms. The maximum Gasteiger partial charge on any atom is 0.159 e. The van der Waals surface area contributed by atoms with E-state index in [1.54, 1.807) is 6.92 Å². The second-order valence-electron chi connectivity index (χ2n) is 4.95. The van der Waals surface area contributed by atoms with Gasteiger partial charge in [0.25, 0.3) is 0 Å². The van der Waals surface area contributed by atoms with Crippen LogP contribution in [0.2, 0.25) is 0 Å². The monoisotopic (exact) mass is 202 g/mol. The summed E-state index contributed by atoms with van der Waals surface area (Å²) in [6.07, 6.45) is 2.33. The molecule has 0 spiro atoms. The van der Waals surface area contributed by atoms with Crippen LogP contribution in [0.25, 0.3) is 0 Å². The Balaban J connectivity index is 2.27. The molecule has 1 aliphatic rings. The molecule has 0 saturated carbocycles. The van der Waals surface area contributed by atoms with E-state index < -0.39 is 0 Å². The van der Waals surface area contributed by atoms with Crippen molar-refractivity contribution in [2.24, 2.45) is 11.8 Å². The third-order valence-electron chi connectivity index (χ3n) is 3.52. The van der Waals surface area contributed by atoms with E-state index in [2.05, 4.69) is 26.0 Å². The Labute approximate surface area is 91.5 Å². The van der Waals surface area contributed by atoms with E-state index in [0.29, 0.717) is 0 Å². The van der Waals surface area contributed by atoms with Crippen LogP contribution in [0.4, 0.5) is 0 Å². The molecular formula is C14H18O. The largest absolute Gasteiger partial charge is 0.295 e. The molecule has 2 rings (SSSR count). The van der Waals surface area contributed by atoms with E-state index in [1.165, 1.54) is 17.5 Å². The van der Waals surface area contributed by atoms with Crippen molar-refractivity contribution in [3.63, 3.8) is 0 Å². The van der Waals surface area contributed by atoms with Crippen molar-refractivity contribution in [3.05, 3.63) is 34.9 Å². The molecule has 0 fully saturated rings. The Kier molecular flexibility index (Phi) is 2.64. The van der Waals surface area contributed by atoms with Crippen molar-refractivity contribution in [1.82, 2.24) is 0 Å². The first kappa shape index (κ1) is 10.4. The molecule has 1 aromatic carbocycles. The highest BCUT2D eigenvalue weighted by Gasteiger charge is 2.24. The summed E-state index contributed by atoms with van der Waals surface area (Å²) in [5.41, 5.74) is 3.69. The Morgan fingerprint density at radius 2 is 1.93 bits per heavy atom. The average Bonchev–Trinajstić information content (AvgIpc) is 2.59. The molecule has 0 radical (unpaired) electrons. The summed E-state index contributed by atoms with van der Waals surface area (Å²) in [4.78, 5) is 11.3. The molecule has 0 saturated heterocycles. The summed E-state index contributed by atoms with van der Waals surface area (Å²) in [7, 11) is 0. The van der Waals surface area contributed by atoms with E-state index in [-0.39, 0.29) is 5.78 Å². The predicted octanol–water partition coefficient (Wildman–Crippen LogP) is 3.26. The molecule has 0 amide bonds. The van der Waals surface area contributed by atoms with Crippen LogP contribution in [-0.4, -0.2) is 5.78 Å². The SMILES string of the molecule is CC(=O)c1ccc2c(c1)C[C@H](C(C)C)C2. The molecule has 0 bridgehead atoms. The number of carbonyl (C=O) groups excluding carboxylic acids is 1. The molecule has 0 N–H and O–H groups in total. The van der Waals surface area contributed by atoms with Crippen molar-refractivity contribution in [1.29, 1.82) is 0 Å². The predicted molar refractivity (Wildman–Crippen MR) is 62.2 cm³/mol. The van der Waals surface area contributed by atoms with Gasteiger partial charge in [0, 0.05) is 5.56 Å². The van der Waals surface area contributed by atoms with Gasteiger partial charge >= 0.3 is 0 Å². The van der Waals surface area contributed by atoms with Crippen molar-refractivity contribution >= 4 is 5.78 Å². The molecule has 1 heteroatoms. The van der Waals surface area contributed by atoms with Gasteiger partial charge in [-0.1, -0.05) is 26.0 Å². The maximum atomic E-state index is 11.3. The van der Waals surface area contributed by atoms with Crippen LogP contribution >= 0.6 is 0 Å². The number of ketones is 1. The Hall–Kier alpha value is -1.11. The quantitative estimate of drug-likeness (QED) is 0.673. The van der Waals surface area contributed by atoms with Gasteiger partial charge in [-0.05, 0) is 48.8 Å². The topological polar surface area (TPSA) is 17.1 Å². The first-order valence-electron chi connectivity index (χ1n) is 5.70. The number of carbonyl (C=O) groups is 1. The van der Waals surface area contributed by atoms with E-state index in [1.807, 2.05) is 6.07 Å². The van der Waals surface area contributed by atoms with Crippen LogP contribution < -0.4 is 0 Å². The van der Waals surface area contributed by atoms with E-state index in [0.717, 1.165) is 23.8 Å². The van der Waals surface area contributed by atoms with Crippen molar-refractivity contribution in [3.8, 4) is 0 Å². The average molecular weight is 202 g/mol. The van der Waals surface area contributed by atoms with Crippen LogP contribution in [0.15, 0.2) is 18.2 Å². The first-order chi connectivity index (χ1) is 7.08. The highest BCUT2D eigenvalue weighted by Crippen LogP contribution is 2.31. The zero-order valence-electron chi connectivity index (χ0n) is 9.71. The van der Waals surface area contributed by atoms with Crippen LogP contribution in [0.1, 0.15) is 42.3 Å². The lowest BCUT2D eigenvalue weighted by Gasteiger charge is -2.12. The fraction of sp³-hybridized carbons (Fsp3) is 0.500. The number of hydrogen-bond acceptors (Lipinski definition) is 1. The third kappa shape index (κ3) is 1.97. The molecule has 1 atom stereocenters. The van der Waals surface area contributed by atoms with Gasteiger partial charge in [-0.3, -0.25) is 4.79 Å². The standard InChI is InChI=1S/C14H18O/c1-9(2)13-7-12-5-4-11(10(3)15)6-14(12)8-13/h4-6,9,13H,7-8H2,1-3H3/t13-/m1/s1. The molecule has 1 aromatic rings. The van der Waals surface area contributed by atoms with Gasteiger partial charge in [0.15, 0.2) is 5.78 Å². The minimum atomic E-state index is 0.172. The van der Waals surface area contributed by atoms with Gasteiger partial charge < -0.3 is 0 Å². The number of rotatable bonds is 2. The fourth-order valence-corrected chi connectivity index (χ4v) is 2.34. The van der Waals surface area contributed by atoms with Crippen molar-refractivity contribution < 1.29 is 4.79 Å². The smallest absolute Gasteiger partial charge is 0.159 e. The second kappa shape index (κ2) is 3.80. The Bertz CT molecular complexity index is 390. The molecular weight excluding hydrogens is 184 g/mol. The van der Waals surface area contributed by atoms with Crippen molar-refractivity contribution in [2.75, 3.05) is 0 Å². The van der Waals surface area contributed by atoms with Gasteiger partial charge in [-0.15, -0.1) is 0 Å². The summed E-state index contributed by atoms with van der Waals surface area (Å²) >= 11 is 0. The van der Waals surface area contributed by atoms with E-state index >= 15 is 0 Å². The summed E-state index contributed by atoms with van der Waals surface area (Å²) in [6.45, 7) is 6.20. The highest BCUT2D eigenvalue weighted by atomic mass is 16.1. The number of hydrogen-bond donors (Lipinski definition) is 0. The summed E-state index contributed by atoms with van der Waals surface area (Å²) in [5.74, 6) is 1.67. The summed E-state index contributed by atoms with van der Waals surface area (Å²) in [6, 6.07) is 6.18. The van der Waals surface area contributed by atoms with Crippen LogP contribution in [0.5, 0.6) is 0 Å². The first-order valence-corrected chi connectivity index (χ1v) is 5.70. The highest BCUT2D eigenvalue weighted by molar-refractivity contribution is 5.94. The van der Waals surface area contributed by atoms with Crippen LogP contribution in [0.3, 0.4) is 0 Å². The van der Waals surface area contributed by atoms with Gasteiger partial charge in [0.2, 0.25) is 0 Å². The lowest BCUT2D eigenvalue weighted by Crippen LogP contribution is -2.07.